The largest absolute Gasteiger partial charge is 0.374 e. The lowest BCUT2D eigenvalue weighted by Crippen LogP contribution is -2.25. The molecule has 18 heavy (non-hydrogen) atoms. The maximum absolute atomic E-state index is 6.08. The van der Waals surface area contributed by atoms with Crippen molar-refractivity contribution in [2.75, 3.05) is 18.5 Å². The second kappa shape index (κ2) is 8.15. The lowest BCUT2D eigenvalue weighted by atomic mass is 10.0. The van der Waals surface area contributed by atoms with E-state index in [1.807, 2.05) is 0 Å². The summed E-state index contributed by atoms with van der Waals surface area (Å²) in [5.74, 6) is 0. The second-order valence-corrected chi connectivity index (χ2v) is 5.13. The minimum absolute atomic E-state index is 0.273. The number of para-hydroxylation sites is 1. The predicted octanol–water partition coefficient (Wildman–Crippen LogP) is 3.59. The highest BCUT2D eigenvalue weighted by Gasteiger charge is 2.09. The number of unbranched alkanes of at least 4 members (excludes halogenated alkanes) is 2. The van der Waals surface area contributed by atoms with E-state index in [9.17, 15) is 0 Å². The van der Waals surface area contributed by atoms with Crippen molar-refractivity contribution in [2.45, 2.75) is 52.0 Å². The Labute approximate surface area is 112 Å². The first-order valence-electron chi connectivity index (χ1n) is 7.23. The molecule has 0 radical (unpaired) electrons. The fraction of sp³-hybridized carbons (Fsp3) is 0.625. The van der Waals surface area contributed by atoms with Crippen molar-refractivity contribution in [3.8, 4) is 0 Å². The summed E-state index contributed by atoms with van der Waals surface area (Å²) in [4.78, 5) is 2.37. The molecule has 0 aliphatic rings. The molecular formula is C16H28N2. The Hall–Kier alpha value is -1.02. The maximum Gasteiger partial charge on any atom is 0.0396 e. The van der Waals surface area contributed by atoms with Crippen molar-refractivity contribution in [3.05, 3.63) is 29.8 Å². The van der Waals surface area contributed by atoms with Crippen LogP contribution in [0.2, 0.25) is 0 Å². The normalized spacial score (nSPS) is 12.4. The molecule has 2 N–H and O–H groups in total. The summed E-state index contributed by atoms with van der Waals surface area (Å²) in [6.45, 7) is 5.53. The van der Waals surface area contributed by atoms with Gasteiger partial charge in [0.25, 0.3) is 0 Å². The van der Waals surface area contributed by atoms with Gasteiger partial charge in [-0.25, -0.2) is 0 Å². The Balaban J connectivity index is 2.68. The molecule has 0 amide bonds. The van der Waals surface area contributed by atoms with E-state index in [1.54, 1.807) is 0 Å². The molecule has 2 heteroatoms. The third kappa shape index (κ3) is 4.69. The highest BCUT2D eigenvalue weighted by atomic mass is 15.1. The minimum Gasteiger partial charge on any atom is -0.374 e. The van der Waals surface area contributed by atoms with Crippen LogP contribution >= 0.6 is 0 Å². The molecule has 0 bridgehead atoms. The SMILES string of the molecule is CCCCCN(C)c1ccccc1CC(N)CC. The molecule has 1 aromatic rings. The Bertz CT molecular complexity index is 336. The molecule has 1 aromatic carbocycles. The van der Waals surface area contributed by atoms with E-state index in [-0.39, 0.29) is 6.04 Å². The standard InChI is InChI=1S/C16H28N2/c1-4-6-9-12-18(3)16-11-8-7-10-14(16)13-15(17)5-2/h7-8,10-11,15H,4-6,9,12-13,17H2,1-3H3. The van der Waals surface area contributed by atoms with Crippen molar-refractivity contribution < 1.29 is 0 Å². The summed E-state index contributed by atoms with van der Waals surface area (Å²) in [5, 5.41) is 0. The minimum atomic E-state index is 0.273. The third-order valence-electron chi connectivity index (χ3n) is 3.51. The zero-order valence-corrected chi connectivity index (χ0v) is 12.2. The molecule has 0 aromatic heterocycles. The molecule has 1 rings (SSSR count). The predicted molar refractivity (Wildman–Crippen MR) is 81.2 cm³/mol. The summed E-state index contributed by atoms with van der Waals surface area (Å²) in [7, 11) is 2.19. The smallest absolute Gasteiger partial charge is 0.0396 e. The Morgan fingerprint density at radius 3 is 2.56 bits per heavy atom. The first kappa shape index (κ1) is 15.0. The number of anilines is 1. The first-order chi connectivity index (χ1) is 8.69. The molecule has 1 unspecified atom stereocenters. The van der Waals surface area contributed by atoms with Crippen LogP contribution in [0, 0.1) is 0 Å². The monoisotopic (exact) mass is 248 g/mol. The number of rotatable bonds is 8. The van der Waals surface area contributed by atoms with E-state index < -0.39 is 0 Å². The van der Waals surface area contributed by atoms with Crippen molar-refractivity contribution in [1.82, 2.24) is 0 Å². The van der Waals surface area contributed by atoms with Crippen LogP contribution in [-0.2, 0) is 6.42 Å². The maximum atomic E-state index is 6.08. The molecule has 0 saturated carbocycles. The highest BCUT2D eigenvalue weighted by molar-refractivity contribution is 5.53. The second-order valence-electron chi connectivity index (χ2n) is 5.13. The van der Waals surface area contributed by atoms with Crippen LogP contribution in [0.3, 0.4) is 0 Å². The molecule has 102 valence electrons. The lowest BCUT2D eigenvalue weighted by Gasteiger charge is -2.23. The number of hydrogen-bond acceptors (Lipinski definition) is 2. The quantitative estimate of drug-likeness (QED) is 0.712. The van der Waals surface area contributed by atoms with Crippen LogP contribution in [0.4, 0.5) is 5.69 Å². The van der Waals surface area contributed by atoms with Gasteiger partial charge >= 0.3 is 0 Å². The average Bonchev–Trinajstić information content (AvgIpc) is 2.39. The van der Waals surface area contributed by atoms with Crippen molar-refractivity contribution in [2.24, 2.45) is 5.73 Å². The zero-order chi connectivity index (χ0) is 13.4. The van der Waals surface area contributed by atoms with Gasteiger partial charge in [-0.3, -0.25) is 0 Å². The molecule has 0 fully saturated rings. The first-order valence-corrected chi connectivity index (χ1v) is 7.23. The van der Waals surface area contributed by atoms with Gasteiger partial charge in [0.1, 0.15) is 0 Å². The van der Waals surface area contributed by atoms with Crippen LogP contribution < -0.4 is 10.6 Å². The van der Waals surface area contributed by atoms with Gasteiger partial charge in [-0.2, -0.15) is 0 Å². The Morgan fingerprint density at radius 2 is 1.89 bits per heavy atom. The van der Waals surface area contributed by atoms with Crippen LogP contribution in [-0.4, -0.2) is 19.6 Å². The van der Waals surface area contributed by atoms with Crippen molar-refractivity contribution in [3.63, 3.8) is 0 Å². The van der Waals surface area contributed by atoms with E-state index in [1.165, 1.54) is 30.5 Å². The van der Waals surface area contributed by atoms with Crippen LogP contribution in [0.15, 0.2) is 24.3 Å². The number of benzene rings is 1. The number of nitrogens with zero attached hydrogens (tertiary/aromatic N) is 1. The van der Waals surface area contributed by atoms with Crippen LogP contribution in [0.1, 0.15) is 45.1 Å². The van der Waals surface area contributed by atoms with Gasteiger partial charge in [-0.1, -0.05) is 44.9 Å². The van der Waals surface area contributed by atoms with Gasteiger partial charge in [-0.15, -0.1) is 0 Å². The molecule has 1 atom stereocenters. The zero-order valence-electron chi connectivity index (χ0n) is 12.2. The summed E-state index contributed by atoms with van der Waals surface area (Å²) in [5.41, 5.74) is 8.80. The number of nitrogens with two attached hydrogens (primary N) is 1. The van der Waals surface area contributed by atoms with Crippen molar-refractivity contribution >= 4 is 5.69 Å². The summed E-state index contributed by atoms with van der Waals surface area (Å²) < 4.78 is 0. The summed E-state index contributed by atoms with van der Waals surface area (Å²) >= 11 is 0. The average molecular weight is 248 g/mol. The van der Waals surface area contributed by atoms with E-state index >= 15 is 0 Å². The van der Waals surface area contributed by atoms with Gasteiger partial charge in [-0.05, 0) is 30.9 Å². The summed E-state index contributed by atoms with van der Waals surface area (Å²) in [6.07, 6.45) is 5.86. The topological polar surface area (TPSA) is 29.3 Å². The third-order valence-corrected chi connectivity index (χ3v) is 3.51. The van der Waals surface area contributed by atoms with E-state index in [2.05, 4.69) is 50.1 Å². The van der Waals surface area contributed by atoms with Crippen LogP contribution in [0.25, 0.3) is 0 Å². The Kier molecular flexibility index (Phi) is 6.81. The van der Waals surface area contributed by atoms with Crippen molar-refractivity contribution in [1.29, 1.82) is 0 Å². The van der Waals surface area contributed by atoms with Gasteiger partial charge in [0.15, 0.2) is 0 Å². The van der Waals surface area contributed by atoms with Gasteiger partial charge in [0.2, 0.25) is 0 Å². The molecule has 0 heterocycles. The van der Waals surface area contributed by atoms with E-state index in [0.717, 1.165) is 19.4 Å². The van der Waals surface area contributed by atoms with E-state index in [0.29, 0.717) is 0 Å². The Morgan fingerprint density at radius 1 is 1.17 bits per heavy atom. The molecule has 0 spiro atoms. The summed E-state index contributed by atoms with van der Waals surface area (Å²) in [6, 6.07) is 8.92. The number of hydrogen-bond donors (Lipinski definition) is 1. The fourth-order valence-electron chi connectivity index (χ4n) is 2.20. The molecule has 2 nitrogen and oxygen atoms in total. The van der Waals surface area contributed by atoms with E-state index in [4.69, 9.17) is 5.73 Å². The molecular weight excluding hydrogens is 220 g/mol. The highest BCUT2D eigenvalue weighted by Crippen LogP contribution is 2.21. The van der Waals surface area contributed by atoms with Crippen LogP contribution in [0.5, 0.6) is 0 Å². The molecule has 0 aliphatic heterocycles. The van der Waals surface area contributed by atoms with Gasteiger partial charge in [0.05, 0.1) is 0 Å². The molecule has 0 aliphatic carbocycles. The van der Waals surface area contributed by atoms with Gasteiger partial charge in [0, 0.05) is 25.3 Å². The van der Waals surface area contributed by atoms with Gasteiger partial charge < -0.3 is 10.6 Å². The fourth-order valence-corrected chi connectivity index (χ4v) is 2.20. The molecule has 0 saturated heterocycles. The lowest BCUT2D eigenvalue weighted by molar-refractivity contribution is 0.643.